The lowest BCUT2D eigenvalue weighted by Gasteiger charge is -2.17. The normalized spacial score (nSPS) is 12.7. The van der Waals surface area contributed by atoms with E-state index < -0.39 is 28.6 Å². The van der Waals surface area contributed by atoms with Crippen LogP contribution in [0.1, 0.15) is 11.6 Å². The maximum absolute atomic E-state index is 12.6. The highest BCUT2D eigenvalue weighted by atomic mass is 35.5. The molecule has 0 aliphatic carbocycles. The molecule has 0 bridgehead atoms. The minimum Gasteiger partial charge on any atom is -0.468 e. The Hall–Kier alpha value is -2.23. The molecule has 1 N–H and O–H groups in total. The number of nitrogens with one attached hydrogen (secondary N) is 1. The zero-order valence-corrected chi connectivity index (χ0v) is 14.9. The minimum absolute atomic E-state index is 0.317. The summed E-state index contributed by atoms with van der Waals surface area (Å²) in [6.07, 6.45) is 0. The van der Waals surface area contributed by atoms with Gasteiger partial charge in [-0.1, -0.05) is 41.9 Å². The number of carbonyl (C=O) groups is 1. The number of methoxy groups -OCH3 is 1. The molecule has 26 heavy (non-hydrogen) atoms. The van der Waals surface area contributed by atoms with Gasteiger partial charge in [0.05, 0.1) is 17.0 Å². The Bertz CT molecular complexity index is 877. The topological polar surface area (TPSA) is 81.7 Å². The van der Waals surface area contributed by atoms with Crippen molar-refractivity contribution in [1.82, 2.24) is 4.72 Å². The molecule has 0 aliphatic rings. The van der Waals surface area contributed by atoms with E-state index in [0.29, 0.717) is 5.56 Å². The van der Waals surface area contributed by atoms with Gasteiger partial charge in [0.25, 0.3) is 0 Å². The summed E-state index contributed by atoms with van der Waals surface area (Å²) in [6, 6.07) is 9.76. The van der Waals surface area contributed by atoms with Gasteiger partial charge < -0.3 is 9.47 Å². The van der Waals surface area contributed by atoms with E-state index in [-0.39, 0.29) is 15.7 Å². The molecule has 0 aromatic heterocycles. The highest BCUT2D eigenvalue weighted by Gasteiger charge is 2.28. The van der Waals surface area contributed by atoms with Crippen LogP contribution in [-0.4, -0.2) is 28.1 Å². The van der Waals surface area contributed by atoms with Gasteiger partial charge in [0.1, 0.15) is 11.8 Å². The number of hydrogen-bond acceptors (Lipinski definition) is 5. The van der Waals surface area contributed by atoms with Crippen molar-refractivity contribution in [3.8, 4) is 5.75 Å². The smallest absolute Gasteiger partial charge is 0.387 e. The Morgan fingerprint density at radius 3 is 2.35 bits per heavy atom. The second kappa shape index (κ2) is 8.43. The zero-order chi connectivity index (χ0) is 19.3. The molecule has 0 saturated carbocycles. The zero-order valence-electron chi connectivity index (χ0n) is 13.4. The molecule has 6 nitrogen and oxygen atoms in total. The number of esters is 1. The first-order valence-electron chi connectivity index (χ1n) is 7.14. The maximum Gasteiger partial charge on any atom is 0.387 e. The van der Waals surface area contributed by atoms with Crippen LogP contribution in [0.2, 0.25) is 5.02 Å². The summed E-state index contributed by atoms with van der Waals surface area (Å²) in [5, 5.41) is -0.317. The third kappa shape index (κ3) is 4.90. The van der Waals surface area contributed by atoms with Crippen molar-refractivity contribution in [3.63, 3.8) is 0 Å². The number of benzene rings is 2. The number of hydrogen-bond donors (Lipinski definition) is 1. The molecule has 0 saturated heterocycles. The molecular formula is C16H14ClF2NO5S. The fourth-order valence-electron chi connectivity index (χ4n) is 2.08. The SMILES string of the molecule is COC(=O)C(NS(=O)(=O)c1ccc(OC(F)F)c(Cl)c1)c1ccccc1. The summed E-state index contributed by atoms with van der Waals surface area (Å²) in [4.78, 5) is 11.7. The summed E-state index contributed by atoms with van der Waals surface area (Å²) in [6.45, 7) is -3.10. The molecule has 2 aromatic carbocycles. The van der Waals surface area contributed by atoms with E-state index in [1.54, 1.807) is 30.3 Å². The van der Waals surface area contributed by atoms with Crippen molar-refractivity contribution in [2.75, 3.05) is 7.11 Å². The largest absolute Gasteiger partial charge is 0.468 e. The second-order valence-corrected chi connectivity index (χ2v) is 7.08. The molecule has 1 unspecified atom stereocenters. The second-order valence-electron chi connectivity index (χ2n) is 4.96. The predicted octanol–water partition coefficient (Wildman–Crippen LogP) is 3.13. The van der Waals surface area contributed by atoms with Crippen LogP contribution < -0.4 is 9.46 Å². The molecule has 0 amide bonds. The number of rotatable bonds is 7. The van der Waals surface area contributed by atoms with Gasteiger partial charge in [-0.05, 0) is 23.8 Å². The van der Waals surface area contributed by atoms with E-state index in [2.05, 4.69) is 14.2 Å². The van der Waals surface area contributed by atoms with Crippen LogP contribution >= 0.6 is 11.6 Å². The summed E-state index contributed by atoms with van der Waals surface area (Å²) >= 11 is 5.78. The van der Waals surface area contributed by atoms with Crippen LogP contribution in [0.15, 0.2) is 53.4 Å². The number of ether oxygens (including phenoxy) is 2. The third-order valence-corrected chi connectivity index (χ3v) is 4.99. The van der Waals surface area contributed by atoms with Crippen molar-refractivity contribution >= 4 is 27.6 Å². The van der Waals surface area contributed by atoms with Gasteiger partial charge in [0, 0.05) is 0 Å². The molecule has 140 valence electrons. The first kappa shape index (κ1) is 20.1. The Balaban J connectivity index is 2.33. The molecule has 0 aliphatic heterocycles. The van der Waals surface area contributed by atoms with E-state index in [1.165, 1.54) is 0 Å². The maximum atomic E-state index is 12.6. The minimum atomic E-state index is -4.21. The Labute approximate surface area is 153 Å². The molecule has 2 aromatic rings. The van der Waals surface area contributed by atoms with Crippen LogP contribution in [0.3, 0.4) is 0 Å². The summed E-state index contributed by atoms with van der Waals surface area (Å²) in [5.41, 5.74) is 0.367. The first-order chi connectivity index (χ1) is 12.2. The van der Waals surface area contributed by atoms with Crippen molar-refractivity contribution < 1.29 is 31.5 Å². The number of carbonyl (C=O) groups excluding carboxylic acids is 1. The van der Waals surface area contributed by atoms with Gasteiger partial charge in [-0.3, -0.25) is 0 Å². The lowest BCUT2D eigenvalue weighted by molar-refractivity contribution is -0.142. The Morgan fingerprint density at radius 1 is 1.15 bits per heavy atom. The van der Waals surface area contributed by atoms with E-state index in [4.69, 9.17) is 11.6 Å². The van der Waals surface area contributed by atoms with Crippen LogP contribution in [0.25, 0.3) is 0 Å². The average Bonchev–Trinajstić information content (AvgIpc) is 2.61. The lowest BCUT2D eigenvalue weighted by atomic mass is 10.1. The number of halogens is 3. The molecule has 10 heteroatoms. The van der Waals surface area contributed by atoms with Crippen molar-refractivity contribution in [1.29, 1.82) is 0 Å². The van der Waals surface area contributed by atoms with Gasteiger partial charge in [-0.15, -0.1) is 0 Å². The Kier molecular flexibility index (Phi) is 6.52. The highest BCUT2D eigenvalue weighted by Crippen LogP contribution is 2.29. The van der Waals surface area contributed by atoms with Crippen LogP contribution in [0, 0.1) is 0 Å². The van der Waals surface area contributed by atoms with Crippen LogP contribution in [0.4, 0.5) is 8.78 Å². The van der Waals surface area contributed by atoms with Gasteiger partial charge >= 0.3 is 12.6 Å². The quantitative estimate of drug-likeness (QED) is 0.716. The average molecular weight is 406 g/mol. The van der Waals surface area contributed by atoms with Crippen molar-refractivity contribution in [2.24, 2.45) is 0 Å². The van der Waals surface area contributed by atoms with Crippen LogP contribution in [-0.2, 0) is 19.6 Å². The van der Waals surface area contributed by atoms with Gasteiger partial charge in [-0.25, -0.2) is 13.2 Å². The van der Waals surface area contributed by atoms with E-state index in [9.17, 15) is 22.0 Å². The van der Waals surface area contributed by atoms with Gasteiger partial charge in [-0.2, -0.15) is 13.5 Å². The lowest BCUT2D eigenvalue weighted by Crippen LogP contribution is -2.34. The number of sulfonamides is 1. The van der Waals surface area contributed by atoms with E-state index in [1.807, 2.05) is 0 Å². The fourth-order valence-corrected chi connectivity index (χ4v) is 3.57. The molecule has 0 fully saturated rings. The summed E-state index contributed by atoms with van der Waals surface area (Å²) < 4.78 is 60.6. The van der Waals surface area contributed by atoms with Crippen molar-refractivity contribution in [2.45, 2.75) is 17.5 Å². The van der Waals surface area contributed by atoms with Gasteiger partial charge in [0.15, 0.2) is 0 Å². The van der Waals surface area contributed by atoms with E-state index in [0.717, 1.165) is 25.3 Å². The predicted molar refractivity (Wildman–Crippen MR) is 89.6 cm³/mol. The van der Waals surface area contributed by atoms with E-state index >= 15 is 0 Å². The fraction of sp³-hybridized carbons (Fsp3) is 0.188. The highest BCUT2D eigenvalue weighted by molar-refractivity contribution is 7.89. The molecule has 0 heterocycles. The molecule has 1 atom stereocenters. The Morgan fingerprint density at radius 2 is 1.81 bits per heavy atom. The van der Waals surface area contributed by atoms with Gasteiger partial charge in [0.2, 0.25) is 10.0 Å². The monoisotopic (exact) mass is 405 g/mol. The molecule has 0 radical (unpaired) electrons. The third-order valence-electron chi connectivity index (χ3n) is 3.27. The molecule has 2 rings (SSSR count). The molecule has 0 spiro atoms. The van der Waals surface area contributed by atoms with Crippen LogP contribution in [0.5, 0.6) is 5.75 Å². The number of alkyl halides is 2. The standard InChI is InChI=1S/C16H14ClF2NO5S/c1-24-15(21)14(10-5-3-2-4-6-10)20-26(22,23)11-7-8-13(12(17)9-11)25-16(18)19/h2-9,14,16,20H,1H3. The van der Waals surface area contributed by atoms with Crippen molar-refractivity contribution in [3.05, 3.63) is 59.1 Å². The first-order valence-corrected chi connectivity index (χ1v) is 9.00. The molecular weight excluding hydrogens is 392 g/mol. The summed E-state index contributed by atoms with van der Waals surface area (Å²) in [5.74, 6) is -1.18. The summed E-state index contributed by atoms with van der Waals surface area (Å²) in [7, 11) is -3.08.